The molecule has 160 valence electrons. The Balaban J connectivity index is 0.00000124. The Morgan fingerprint density at radius 3 is 2.67 bits per heavy atom. The highest BCUT2D eigenvalue weighted by atomic mass is 16.5. The van der Waals surface area contributed by atoms with Crippen LogP contribution >= 0.6 is 0 Å². The fourth-order valence-corrected chi connectivity index (χ4v) is 3.86. The second-order valence-corrected chi connectivity index (χ2v) is 7.23. The van der Waals surface area contributed by atoms with Crippen molar-refractivity contribution in [3.8, 4) is 0 Å². The number of pyridine rings is 1. The summed E-state index contributed by atoms with van der Waals surface area (Å²) in [6.45, 7) is 4.00. The van der Waals surface area contributed by atoms with Crippen LogP contribution in [0.5, 0.6) is 0 Å². The van der Waals surface area contributed by atoms with Gasteiger partial charge in [0.05, 0.1) is 5.52 Å². The summed E-state index contributed by atoms with van der Waals surface area (Å²) < 4.78 is 7.09. The van der Waals surface area contributed by atoms with Crippen LogP contribution in [0.4, 0.5) is 0 Å². The number of esters is 1. The monoisotopic (exact) mass is 411 g/mol. The lowest BCUT2D eigenvalue weighted by atomic mass is 9.97. The highest BCUT2D eigenvalue weighted by Gasteiger charge is 2.30. The molecule has 1 atom stereocenters. The Hall–Kier alpha value is -3.09. The Morgan fingerprint density at radius 1 is 1.13 bits per heavy atom. The van der Waals surface area contributed by atoms with Crippen molar-refractivity contribution in [1.82, 2.24) is 14.8 Å². The van der Waals surface area contributed by atoms with Gasteiger partial charge < -0.3 is 4.74 Å². The van der Waals surface area contributed by atoms with Gasteiger partial charge >= 0.3 is 5.97 Å². The largest absolute Gasteiger partial charge is 0.461 e. The Morgan fingerprint density at radius 2 is 1.90 bits per heavy atom. The standard InChI is InChI=1S/C21H23N3O4.C2H6/c25-19-17-16(22-23-19)12-13-24(20(17)26)18(14-8-4-1-2-5-9-14)21(27)28-15-10-6-3-7-11-15;1-2/h1,4-5,8-9,12-13,15,18H,2-3,6-7,10-11H2,(H2,22,23,25);1-2H3. The van der Waals surface area contributed by atoms with E-state index < -0.39 is 23.1 Å². The molecule has 0 aromatic carbocycles. The van der Waals surface area contributed by atoms with Crippen molar-refractivity contribution in [3.63, 3.8) is 0 Å². The summed E-state index contributed by atoms with van der Waals surface area (Å²) in [6, 6.07) is 0.680. The van der Waals surface area contributed by atoms with Crippen LogP contribution in [0.1, 0.15) is 58.4 Å². The number of nitrogens with one attached hydrogen (secondary N) is 2. The average Bonchev–Trinajstić information content (AvgIpc) is 2.97. The molecule has 0 aliphatic heterocycles. The Kier molecular flexibility index (Phi) is 7.27. The highest BCUT2D eigenvalue weighted by Crippen LogP contribution is 2.26. The van der Waals surface area contributed by atoms with Crippen molar-refractivity contribution >= 4 is 16.9 Å². The molecule has 0 amide bonds. The van der Waals surface area contributed by atoms with E-state index in [-0.39, 0.29) is 11.5 Å². The zero-order valence-corrected chi connectivity index (χ0v) is 17.5. The van der Waals surface area contributed by atoms with E-state index in [9.17, 15) is 14.4 Å². The first kappa shape index (κ1) is 21.6. The summed E-state index contributed by atoms with van der Waals surface area (Å²) in [5.74, 6) is -0.466. The summed E-state index contributed by atoms with van der Waals surface area (Å²) in [5.41, 5.74) is 0.0473. The number of fused-ring (bicyclic) bond motifs is 1. The van der Waals surface area contributed by atoms with Crippen molar-refractivity contribution < 1.29 is 9.53 Å². The second-order valence-electron chi connectivity index (χ2n) is 7.23. The number of hydrogen-bond donors (Lipinski definition) is 2. The van der Waals surface area contributed by atoms with Crippen LogP contribution in [-0.2, 0) is 9.53 Å². The van der Waals surface area contributed by atoms with Crippen LogP contribution in [0.15, 0.2) is 57.8 Å². The van der Waals surface area contributed by atoms with Gasteiger partial charge in [-0.1, -0.05) is 50.6 Å². The van der Waals surface area contributed by atoms with Gasteiger partial charge in [-0.3, -0.25) is 24.4 Å². The lowest BCUT2D eigenvalue weighted by Gasteiger charge is -2.26. The number of carbonyl (C=O) groups excluding carboxylic acids is 1. The summed E-state index contributed by atoms with van der Waals surface area (Å²) in [7, 11) is 0. The van der Waals surface area contributed by atoms with Crippen molar-refractivity contribution in [2.45, 2.75) is 64.5 Å². The first-order valence-electron chi connectivity index (χ1n) is 10.7. The molecule has 1 unspecified atom stereocenters. The normalized spacial score (nSPS) is 17.6. The summed E-state index contributed by atoms with van der Waals surface area (Å²) in [4.78, 5) is 38.2. The molecular weight excluding hydrogens is 382 g/mol. The molecule has 2 aliphatic carbocycles. The number of hydrogen-bond acceptors (Lipinski definition) is 4. The number of ether oxygens (including phenoxy) is 1. The van der Waals surface area contributed by atoms with Crippen molar-refractivity contribution in [2.24, 2.45) is 0 Å². The maximum atomic E-state index is 13.2. The predicted octanol–water partition coefficient (Wildman–Crippen LogP) is 3.90. The van der Waals surface area contributed by atoms with Gasteiger partial charge in [-0.2, -0.15) is 0 Å². The second kappa shape index (κ2) is 10.1. The first-order valence-corrected chi connectivity index (χ1v) is 10.7. The third kappa shape index (κ3) is 4.56. The number of nitrogens with zero attached hydrogens (tertiary/aromatic N) is 1. The minimum atomic E-state index is -0.938. The molecule has 2 aliphatic rings. The quantitative estimate of drug-likeness (QED) is 0.746. The zero-order valence-electron chi connectivity index (χ0n) is 17.5. The van der Waals surface area contributed by atoms with Gasteiger partial charge in [-0.25, -0.2) is 4.79 Å². The minimum absolute atomic E-state index is 0.00621. The zero-order chi connectivity index (χ0) is 21.5. The number of allylic oxidation sites excluding steroid dienone is 5. The minimum Gasteiger partial charge on any atom is -0.461 e. The van der Waals surface area contributed by atoms with Gasteiger partial charge in [-0.15, -0.1) is 0 Å². The topological polar surface area (TPSA) is 96.9 Å². The van der Waals surface area contributed by atoms with Crippen molar-refractivity contribution in [2.75, 3.05) is 0 Å². The molecule has 30 heavy (non-hydrogen) atoms. The fourth-order valence-electron chi connectivity index (χ4n) is 3.86. The summed E-state index contributed by atoms with van der Waals surface area (Å²) in [6.07, 6.45) is 16.5. The van der Waals surface area contributed by atoms with Gasteiger partial charge in [0.2, 0.25) is 0 Å². The molecule has 4 rings (SSSR count). The lowest BCUT2D eigenvalue weighted by molar-refractivity contribution is -0.153. The van der Waals surface area contributed by atoms with Gasteiger partial charge in [0.25, 0.3) is 11.1 Å². The molecule has 0 saturated heterocycles. The molecule has 0 bridgehead atoms. The van der Waals surface area contributed by atoms with E-state index in [4.69, 9.17) is 4.74 Å². The predicted molar refractivity (Wildman–Crippen MR) is 118 cm³/mol. The number of aromatic nitrogens is 3. The average molecular weight is 412 g/mol. The van der Waals surface area contributed by atoms with Crippen LogP contribution in [0.25, 0.3) is 10.9 Å². The number of H-pyrrole nitrogens is 2. The Labute approximate surface area is 175 Å². The van der Waals surface area contributed by atoms with Crippen LogP contribution < -0.4 is 11.1 Å². The first-order chi connectivity index (χ1) is 14.6. The van der Waals surface area contributed by atoms with Crippen molar-refractivity contribution in [1.29, 1.82) is 0 Å². The molecule has 2 heterocycles. The van der Waals surface area contributed by atoms with E-state index in [0.717, 1.165) is 38.5 Å². The van der Waals surface area contributed by atoms with Crippen molar-refractivity contribution in [3.05, 3.63) is 68.9 Å². The molecule has 1 saturated carbocycles. The molecule has 2 aromatic rings. The molecule has 2 aromatic heterocycles. The molecular formula is C23H29N3O4. The molecule has 0 radical (unpaired) electrons. The van der Waals surface area contributed by atoms with Crippen LogP contribution in [0.3, 0.4) is 0 Å². The molecule has 0 spiro atoms. The maximum absolute atomic E-state index is 13.2. The van der Waals surface area contributed by atoms with E-state index in [1.54, 1.807) is 6.07 Å². The van der Waals surface area contributed by atoms with Crippen LogP contribution in [-0.4, -0.2) is 26.8 Å². The highest BCUT2D eigenvalue weighted by molar-refractivity contribution is 5.81. The molecule has 7 heteroatoms. The summed E-state index contributed by atoms with van der Waals surface area (Å²) >= 11 is 0. The molecule has 7 nitrogen and oxygen atoms in total. The van der Waals surface area contributed by atoms with E-state index in [1.165, 1.54) is 10.8 Å². The third-order valence-electron chi connectivity index (χ3n) is 5.32. The van der Waals surface area contributed by atoms with Gasteiger partial charge in [0.1, 0.15) is 11.5 Å². The van der Waals surface area contributed by atoms with E-state index in [1.807, 2.05) is 44.2 Å². The third-order valence-corrected chi connectivity index (χ3v) is 5.32. The maximum Gasteiger partial charge on any atom is 0.334 e. The Bertz CT molecular complexity index is 1080. The number of rotatable bonds is 4. The summed E-state index contributed by atoms with van der Waals surface area (Å²) in [5, 5.41) is 5.10. The fraction of sp³-hybridized carbons (Fsp3) is 0.435. The number of aromatic amines is 2. The van der Waals surface area contributed by atoms with Gasteiger partial charge in [0.15, 0.2) is 6.04 Å². The lowest BCUT2D eigenvalue weighted by Crippen LogP contribution is -2.35. The van der Waals surface area contributed by atoms with E-state index >= 15 is 0 Å². The smallest absolute Gasteiger partial charge is 0.334 e. The molecule has 2 N–H and O–H groups in total. The number of carbonyl (C=O) groups is 1. The van der Waals surface area contributed by atoms with Crippen LogP contribution in [0, 0.1) is 0 Å². The van der Waals surface area contributed by atoms with Gasteiger partial charge in [0, 0.05) is 6.20 Å². The van der Waals surface area contributed by atoms with Crippen LogP contribution in [0.2, 0.25) is 0 Å². The molecule has 1 fully saturated rings. The SMILES string of the molecule is CC.O=C(OC1CCCCC1)C(C1=CC=CCC=C1)n1ccc2[nH][nH]c(=O)c2c1=O. The van der Waals surface area contributed by atoms with E-state index in [2.05, 4.69) is 10.2 Å². The van der Waals surface area contributed by atoms with E-state index in [0.29, 0.717) is 11.1 Å². The van der Waals surface area contributed by atoms with Gasteiger partial charge in [-0.05, 0) is 43.7 Å².